The molecule has 2 rings (SSSR count). The molecule has 0 spiro atoms. The first kappa shape index (κ1) is 12.7. The zero-order valence-corrected chi connectivity index (χ0v) is 10.6. The summed E-state index contributed by atoms with van der Waals surface area (Å²) in [4.78, 5) is 13.1. The molecule has 2 heterocycles. The minimum absolute atomic E-state index is 0.152. The van der Waals surface area contributed by atoms with E-state index in [0.29, 0.717) is 24.7 Å². The summed E-state index contributed by atoms with van der Waals surface area (Å²) in [5.74, 6) is 0.479. The Balaban J connectivity index is 1.96. The molecule has 0 aromatic carbocycles. The number of anilines is 1. The first-order valence-corrected chi connectivity index (χ1v) is 5.81. The van der Waals surface area contributed by atoms with Crippen LogP contribution < -0.4 is 5.43 Å². The lowest BCUT2D eigenvalue weighted by atomic mass is 10.3. The van der Waals surface area contributed by atoms with Crippen LogP contribution in [0, 0.1) is 0 Å². The van der Waals surface area contributed by atoms with Crippen molar-refractivity contribution < 1.29 is 9.53 Å². The molecule has 0 atom stereocenters. The summed E-state index contributed by atoms with van der Waals surface area (Å²) in [7, 11) is 3.37. The highest BCUT2D eigenvalue weighted by Crippen LogP contribution is 2.06. The molecular weight excluding hydrogens is 234 g/mol. The van der Waals surface area contributed by atoms with E-state index in [-0.39, 0.29) is 5.91 Å². The van der Waals surface area contributed by atoms with Crippen LogP contribution >= 0.6 is 0 Å². The number of carbonyl (C=O) groups is 1. The van der Waals surface area contributed by atoms with E-state index in [1.165, 1.54) is 4.90 Å². The lowest BCUT2D eigenvalue weighted by Gasteiger charge is -2.27. The van der Waals surface area contributed by atoms with Gasteiger partial charge in [-0.1, -0.05) is 0 Å². The van der Waals surface area contributed by atoms with E-state index in [1.54, 1.807) is 26.2 Å². The molecule has 0 aliphatic carbocycles. The lowest BCUT2D eigenvalue weighted by Crippen LogP contribution is -2.40. The molecule has 1 aliphatic heterocycles. The highest BCUT2D eigenvalue weighted by Gasteiger charge is 2.13. The fourth-order valence-electron chi connectivity index (χ4n) is 1.57. The van der Waals surface area contributed by atoms with Gasteiger partial charge in [-0.05, 0) is 12.1 Å². The van der Waals surface area contributed by atoms with Gasteiger partial charge < -0.3 is 15.1 Å². The van der Waals surface area contributed by atoms with E-state index >= 15 is 0 Å². The first-order chi connectivity index (χ1) is 8.66. The molecule has 0 saturated carbocycles. The number of hydrazine groups is 1. The number of amides is 1. The van der Waals surface area contributed by atoms with E-state index in [9.17, 15) is 4.79 Å². The predicted molar refractivity (Wildman–Crippen MR) is 66.1 cm³/mol. The minimum Gasteiger partial charge on any atom is -0.379 e. The molecule has 1 fully saturated rings. The zero-order chi connectivity index (χ0) is 13.0. The number of hydrogen-bond acceptors (Lipinski definition) is 6. The van der Waals surface area contributed by atoms with Gasteiger partial charge in [0.1, 0.15) is 0 Å². The highest BCUT2D eigenvalue weighted by atomic mass is 16.5. The van der Waals surface area contributed by atoms with Crippen LogP contribution in [-0.2, 0) is 4.74 Å². The van der Waals surface area contributed by atoms with Gasteiger partial charge in [0.05, 0.1) is 13.2 Å². The summed E-state index contributed by atoms with van der Waals surface area (Å²) in [5, 5.41) is 9.90. The molecule has 1 aliphatic rings. The molecule has 1 saturated heterocycles. The number of hydrogen-bond donors (Lipinski definition) is 1. The van der Waals surface area contributed by atoms with E-state index in [1.807, 2.05) is 5.01 Å². The Morgan fingerprint density at radius 1 is 1.33 bits per heavy atom. The van der Waals surface area contributed by atoms with Crippen LogP contribution in [0.4, 0.5) is 5.82 Å². The second-order valence-corrected chi connectivity index (χ2v) is 4.21. The molecule has 7 heteroatoms. The summed E-state index contributed by atoms with van der Waals surface area (Å²) in [5.41, 5.74) is 3.47. The third-order valence-corrected chi connectivity index (χ3v) is 2.57. The maximum absolute atomic E-state index is 11.6. The van der Waals surface area contributed by atoms with Gasteiger partial charge in [0.15, 0.2) is 11.5 Å². The van der Waals surface area contributed by atoms with E-state index in [0.717, 1.165) is 13.1 Å². The average molecular weight is 251 g/mol. The standard InChI is InChI=1S/C11H17N5O2/c1-15(2)11(17)9-3-4-10(13-12-9)14-16-5-7-18-8-6-16/h3-4H,5-8H2,1-2H3,(H,13,14). The Morgan fingerprint density at radius 2 is 2.06 bits per heavy atom. The van der Waals surface area contributed by atoms with Crippen LogP contribution in [0.25, 0.3) is 0 Å². The van der Waals surface area contributed by atoms with Crippen LogP contribution in [0.1, 0.15) is 10.5 Å². The van der Waals surface area contributed by atoms with Gasteiger partial charge in [-0.15, -0.1) is 10.2 Å². The van der Waals surface area contributed by atoms with Crippen LogP contribution in [0.3, 0.4) is 0 Å². The molecule has 7 nitrogen and oxygen atoms in total. The summed E-state index contributed by atoms with van der Waals surface area (Å²) in [6, 6.07) is 3.41. The Bertz CT molecular complexity index is 400. The van der Waals surface area contributed by atoms with Gasteiger partial charge in [0.2, 0.25) is 0 Å². The number of aromatic nitrogens is 2. The lowest BCUT2D eigenvalue weighted by molar-refractivity contribution is 0.0494. The third kappa shape index (κ3) is 3.14. The Kier molecular flexibility index (Phi) is 4.06. The predicted octanol–water partition coefficient (Wildman–Crippen LogP) is -0.163. The van der Waals surface area contributed by atoms with Crippen molar-refractivity contribution in [3.05, 3.63) is 17.8 Å². The van der Waals surface area contributed by atoms with Gasteiger partial charge in [0.25, 0.3) is 5.91 Å². The Labute approximate surface area is 106 Å². The van der Waals surface area contributed by atoms with Gasteiger partial charge in [-0.3, -0.25) is 4.79 Å². The van der Waals surface area contributed by atoms with Gasteiger partial charge in [-0.25, -0.2) is 5.01 Å². The topological polar surface area (TPSA) is 70.6 Å². The molecule has 1 aromatic rings. The summed E-state index contributed by atoms with van der Waals surface area (Å²) in [6.07, 6.45) is 0. The number of morpholine rings is 1. The average Bonchev–Trinajstić information content (AvgIpc) is 2.40. The quantitative estimate of drug-likeness (QED) is 0.805. The molecular formula is C11H17N5O2. The fourth-order valence-corrected chi connectivity index (χ4v) is 1.57. The summed E-state index contributed by atoms with van der Waals surface area (Å²) < 4.78 is 5.25. The molecule has 0 radical (unpaired) electrons. The first-order valence-electron chi connectivity index (χ1n) is 5.81. The molecule has 98 valence electrons. The smallest absolute Gasteiger partial charge is 0.273 e. The van der Waals surface area contributed by atoms with Crippen molar-refractivity contribution in [2.75, 3.05) is 45.8 Å². The van der Waals surface area contributed by atoms with Crippen molar-refractivity contribution >= 4 is 11.7 Å². The second-order valence-electron chi connectivity index (χ2n) is 4.21. The third-order valence-electron chi connectivity index (χ3n) is 2.57. The normalized spacial score (nSPS) is 16.3. The minimum atomic E-state index is -0.152. The van der Waals surface area contributed by atoms with E-state index < -0.39 is 0 Å². The number of rotatable bonds is 3. The SMILES string of the molecule is CN(C)C(=O)c1ccc(NN2CCOCC2)nn1. The van der Waals surface area contributed by atoms with E-state index in [4.69, 9.17) is 4.74 Å². The van der Waals surface area contributed by atoms with Crippen molar-refractivity contribution in [2.24, 2.45) is 0 Å². The number of nitrogens with one attached hydrogen (secondary N) is 1. The molecule has 1 amide bonds. The van der Waals surface area contributed by atoms with Crippen molar-refractivity contribution in [3.8, 4) is 0 Å². The van der Waals surface area contributed by atoms with Crippen molar-refractivity contribution in [1.29, 1.82) is 0 Å². The number of ether oxygens (including phenoxy) is 1. The van der Waals surface area contributed by atoms with Crippen molar-refractivity contribution in [2.45, 2.75) is 0 Å². The fraction of sp³-hybridized carbons (Fsp3) is 0.545. The van der Waals surface area contributed by atoms with Crippen LogP contribution in [0.2, 0.25) is 0 Å². The number of carbonyl (C=O) groups excluding carboxylic acids is 1. The number of nitrogens with zero attached hydrogens (tertiary/aromatic N) is 4. The van der Waals surface area contributed by atoms with Gasteiger partial charge in [0, 0.05) is 27.2 Å². The van der Waals surface area contributed by atoms with Crippen LogP contribution in [-0.4, -0.2) is 66.4 Å². The monoisotopic (exact) mass is 251 g/mol. The van der Waals surface area contributed by atoms with Crippen LogP contribution in [0.15, 0.2) is 12.1 Å². The molecule has 0 bridgehead atoms. The second kappa shape index (κ2) is 5.74. The Hall–Kier alpha value is -1.73. The van der Waals surface area contributed by atoms with Crippen molar-refractivity contribution in [3.63, 3.8) is 0 Å². The van der Waals surface area contributed by atoms with Crippen LogP contribution in [0.5, 0.6) is 0 Å². The van der Waals surface area contributed by atoms with E-state index in [2.05, 4.69) is 15.6 Å². The molecule has 1 aromatic heterocycles. The molecule has 1 N–H and O–H groups in total. The highest BCUT2D eigenvalue weighted by molar-refractivity contribution is 5.91. The van der Waals surface area contributed by atoms with Crippen molar-refractivity contribution in [1.82, 2.24) is 20.1 Å². The Morgan fingerprint density at radius 3 is 2.61 bits per heavy atom. The zero-order valence-electron chi connectivity index (χ0n) is 10.6. The maximum Gasteiger partial charge on any atom is 0.273 e. The summed E-state index contributed by atoms with van der Waals surface area (Å²) in [6.45, 7) is 3.02. The summed E-state index contributed by atoms with van der Waals surface area (Å²) >= 11 is 0. The molecule has 18 heavy (non-hydrogen) atoms. The molecule has 0 unspecified atom stereocenters. The van der Waals surface area contributed by atoms with Gasteiger partial charge >= 0.3 is 0 Å². The largest absolute Gasteiger partial charge is 0.379 e. The van der Waals surface area contributed by atoms with Gasteiger partial charge in [-0.2, -0.15) is 0 Å². The maximum atomic E-state index is 11.6.